The Balaban J connectivity index is 1.90. The summed E-state index contributed by atoms with van der Waals surface area (Å²) in [6.07, 6.45) is 4.32. The van der Waals surface area contributed by atoms with Crippen LogP contribution in [0.25, 0.3) is 0 Å². The highest BCUT2D eigenvalue weighted by Gasteiger charge is 2.29. The molecule has 0 aliphatic carbocycles. The highest BCUT2D eigenvalue weighted by atomic mass is 19.1. The van der Waals surface area contributed by atoms with E-state index in [4.69, 9.17) is 9.47 Å². The summed E-state index contributed by atoms with van der Waals surface area (Å²) in [4.78, 5) is 20.5. The first kappa shape index (κ1) is 20.9. The lowest BCUT2D eigenvalue weighted by Gasteiger charge is -2.40. The van der Waals surface area contributed by atoms with Crippen molar-refractivity contribution < 1.29 is 18.7 Å². The summed E-state index contributed by atoms with van der Waals surface area (Å²) < 4.78 is 23.8. The van der Waals surface area contributed by atoms with Gasteiger partial charge >= 0.3 is 0 Å². The molecule has 1 fully saturated rings. The molecule has 0 bridgehead atoms. The number of hydrogen-bond donors (Lipinski definition) is 0. The third-order valence-corrected chi connectivity index (χ3v) is 5.14. The van der Waals surface area contributed by atoms with Crippen LogP contribution < -0.4 is 14.4 Å². The summed E-state index contributed by atoms with van der Waals surface area (Å²) in [7, 11) is 1.64. The Morgan fingerprint density at radius 1 is 1.28 bits per heavy atom. The highest BCUT2D eigenvalue weighted by Crippen LogP contribution is 2.38. The number of rotatable bonds is 7. The Kier molecular flexibility index (Phi) is 6.90. The molecule has 1 aromatic heterocycles. The Labute approximate surface area is 171 Å². The van der Waals surface area contributed by atoms with Gasteiger partial charge in [-0.2, -0.15) is 0 Å². The van der Waals surface area contributed by atoms with Crippen molar-refractivity contribution in [2.75, 3.05) is 25.1 Å². The number of halogens is 1. The van der Waals surface area contributed by atoms with Gasteiger partial charge in [0.05, 0.1) is 13.3 Å². The number of amides is 1. The number of ether oxygens (including phenoxy) is 2. The van der Waals surface area contributed by atoms with E-state index in [1.165, 1.54) is 6.92 Å². The van der Waals surface area contributed by atoms with Gasteiger partial charge in [0.2, 0.25) is 12.3 Å². The molecule has 1 aromatic carbocycles. The predicted molar refractivity (Wildman–Crippen MR) is 110 cm³/mol. The molecule has 2 heterocycles. The van der Waals surface area contributed by atoms with Crippen LogP contribution in [0.5, 0.6) is 11.5 Å². The lowest BCUT2D eigenvalue weighted by Crippen LogP contribution is -2.45. The highest BCUT2D eigenvalue weighted by molar-refractivity contribution is 5.76. The number of alkyl halides is 1. The van der Waals surface area contributed by atoms with Gasteiger partial charge in [-0.1, -0.05) is 6.92 Å². The number of anilines is 2. The average Bonchev–Trinajstić information content (AvgIpc) is 2.75. The topological polar surface area (TPSA) is 54.9 Å². The molecule has 1 aliphatic heterocycles. The van der Waals surface area contributed by atoms with Crippen molar-refractivity contribution in [2.24, 2.45) is 0 Å². The molecular weight excluding hydrogens is 373 g/mol. The van der Waals surface area contributed by atoms with Crippen molar-refractivity contribution in [1.82, 2.24) is 9.88 Å². The third-order valence-electron chi connectivity index (χ3n) is 5.14. The number of carbonyl (C=O) groups excluding carboxylic acids is 1. The molecule has 1 amide bonds. The molecule has 0 spiro atoms. The molecule has 7 heteroatoms. The first-order valence-corrected chi connectivity index (χ1v) is 9.99. The maximum atomic E-state index is 13.1. The van der Waals surface area contributed by atoms with Crippen LogP contribution in [0.15, 0.2) is 42.7 Å². The third kappa shape index (κ3) is 4.96. The second kappa shape index (κ2) is 9.58. The molecule has 3 rings (SSSR count). The molecule has 1 aliphatic rings. The van der Waals surface area contributed by atoms with Crippen LogP contribution in [0.3, 0.4) is 0 Å². The van der Waals surface area contributed by atoms with Gasteiger partial charge in [-0.3, -0.25) is 9.78 Å². The quantitative estimate of drug-likeness (QED) is 0.691. The number of carbonyl (C=O) groups is 1. The second-order valence-corrected chi connectivity index (χ2v) is 7.04. The van der Waals surface area contributed by atoms with Crippen molar-refractivity contribution >= 4 is 17.3 Å². The number of piperidine rings is 1. The number of benzene rings is 1. The minimum atomic E-state index is -1.36. The lowest BCUT2D eigenvalue weighted by atomic mass is 10.0. The van der Waals surface area contributed by atoms with Gasteiger partial charge in [-0.15, -0.1) is 0 Å². The summed E-state index contributed by atoms with van der Waals surface area (Å²) in [5, 5.41) is 0. The van der Waals surface area contributed by atoms with Crippen LogP contribution in [0.4, 0.5) is 15.8 Å². The Hall–Kier alpha value is -2.83. The second-order valence-electron chi connectivity index (χ2n) is 7.04. The maximum absolute atomic E-state index is 13.1. The summed E-state index contributed by atoms with van der Waals surface area (Å²) in [6, 6.07) is 9.36. The van der Waals surface area contributed by atoms with Crippen molar-refractivity contribution in [3.8, 4) is 11.5 Å². The van der Waals surface area contributed by atoms with Crippen molar-refractivity contribution in [2.45, 2.75) is 45.5 Å². The van der Waals surface area contributed by atoms with Crippen LogP contribution in [-0.2, 0) is 4.79 Å². The number of likely N-dealkylation sites (tertiary alicyclic amines) is 1. The fourth-order valence-corrected chi connectivity index (χ4v) is 3.74. The SMILES string of the molecule is CCC(=O)N1CCC(N(c2ccc(O[C@H](C)F)cc2)c2cnccc2OC)CC1. The van der Waals surface area contributed by atoms with E-state index in [0.29, 0.717) is 12.2 Å². The van der Waals surface area contributed by atoms with Gasteiger partial charge in [-0.05, 0) is 37.1 Å². The van der Waals surface area contributed by atoms with E-state index in [2.05, 4.69) is 9.88 Å². The molecule has 0 saturated carbocycles. The molecule has 0 N–H and O–H groups in total. The maximum Gasteiger partial charge on any atom is 0.235 e. The van der Waals surface area contributed by atoms with E-state index in [-0.39, 0.29) is 11.9 Å². The number of hydrogen-bond acceptors (Lipinski definition) is 5. The fraction of sp³-hybridized carbons (Fsp3) is 0.455. The molecule has 156 valence electrons. The normalized spacial score (nSPS) is 15.7. The predicted octanol–water partition coefficient (Wildman–Crippen LogP) is 4.32. The number of methoxy groups -OCH3 is 1. The van der Waals surface area contributed by atoms with Gasteiger partial charge in [-0.25, -0.2) is 4.39 Å². The van der Waals surface area contributed by atoms with Crippen LogP contribution in [-0.4, -0.2) is 48.4 Å². The van der Waals surface area contributed by atoms with Crippen LogP contribution in [0.1, 0.15) is 33.1 Å². The van der Waals surface area contributed by atoms with E-state index in [1.807, 2.05) is 30.0 Å². The standard InChI is InChI=1S/C22H28FN3O3/c1-4-22(27)25-13-10-18(11-14-25)26(20-15-24-12-9-21(20)28-3)17-5-7-19(8-6-17)29-16(2)23/h5-9,12,15-16,18H,4,10-11,13-14H2,1-3H3/t16-/m1/s1. The number of aromatic nitrogens is 1. The molecule has 0 radical (unpaired) electrons. The number of pyridine rings is 1. The zero-order chi connectivity index (χ0) is 20.8. The van der Waals surface area contributed by atoms with E-state index < -0.39 is 6.36 Å². The minimum Gasteiger partial charge on any atom is -0.494 e. The lowest BCUT2D eigenvalue weighted by molar-refractivity contribution is -0.131. The monoisotopic (exact) mass is 401 g/mol. The number of nitrogens with zero attached hydrogens (tertiary/aromatic N) is 3. The molecule has 6 nitrogen and oxygen atoms in total. The zero-order valence-corrected chi connectivity index (χ0v) is 17.2. The zero-order valence-electron chi connectivity index (χ0n) is 17.2. The molecule has 1 saturated heterocycles. The van der Waals surface area contributed by atoms with E-state index in [1.54, 1.807) is 31.6 Å². The average molecular weight is 401 g/mol. The van der Waals surface area contributed by atoms with Gasteiger partial charge < -0.3 is 19.3 Å². The van der Waals surface area contributed by atoms with Gasteiger partial charge in [0.25, 0.3) is 0 Å². The van der Waals surface area contributed by atoms with Crippen LogP contribution >= 0.6 is 0 Å². The van der Waals surface area contributed by atoms with Gasteiger partial charge in [0.1, 0.15) is 17.2 Å². The molecule has 29 heavy (non-hydrogen) atoms. The fourth-order valence-electron chi connectivity index (χ4n) is 3.74. The molecule has 1 atom stereocenters. The first-order valence-electron chi connectivity index (χ1n) is 9.99. The summed E-state index contributed by atoms with van der Waals surface area (Å²) >= 11 is 0. The molecule has 0 unspecified atom stereocenters. The first-order chi connectivity index (χ1) is 14.0. The molecular formula is C22H28FN3O3. The largest absolute Gasteiger partial charge is 0.494 e. The van der Waals surface area contributed by atoms with Crippen LogP contribution in [0, 0.1) is 0 Å². The van der Waals surface area contributed by atoms with E-state index in [0.717, 1.165) is 43.1 Å². The summed E-state index contributed by atoms with van der Waals surface area (Å²) in [6.45, 7) is 4.68. The van der Waals surface area contributed by atoms with Crippen molar-refractivity contribution in [1.29, 1.82) is 0 Å². The Bertz CT molecular complexity index is 805. The smallest absolute Gasteiger partial charge is 0.235 e. The minimum absolute atomic E-state index is 0.181. The van der Waals surface area contributed by atoms with Crippen LogP contribution in [0.2, 0.25) is 0 Å². The van der Waals surface area contributed by atoms with Gasteiger partial charge in [0, 0.05) is 50.4 Å². The summed E-state index contributed by atoms with van der Waals surface area (Å²) in [5.74, 6) is 1.39. The van der Waals surface area contributed by atoms with E-state index in [9.17, 15) is 9.18 Å². The van der Waals surface area contributed by atoms with Gasteiger partial charge in [0.15, 0.2) is 0 Å². The van der Waals surface area contributed by atoms with Crippen molar-refractivity contribution in [3.05, 3.63) is 42.7 Å². The molecule has 2 aromatic rings. The Morgan fingerprint density at radius 2 is 1.97 bits per heavy atom. The van der Waals surface area contributed by atoms with Crippen molar-refractivity contribution in [3.63, 3.8) is 0 Å². The van der Waals surface area contributed by atoms with E-state index >= 15 is 0 Å². The summed E-state index contributed by atoms with van der Waals surface area (Å²) in [5.41, 5.74) is 1.80. The Morgan fingerprint density at radius 3 is 2.55 bits per heavy atom.